The summed E-state index contributed by atoms with van der Waals surface area (Å²) in [6.07, 6.45) is 1.93. The number of carbonyl (C=O) groups excluding carboxylic acids is 2. The van der Waals surface area contributed by atoms with Crippen LogP contribution in [-0.4, -0.2) is 24.5 Å². The lowest BCUT2D eigenvalue weighted by Gasteiger charge is -2.30. The van der Waals surface area contributed by atoms with Crippen molar-refractivity contribution in [1.29, 1.82) is 0 Å². The van der Waals surface area contributed by atoms with Gasteiger partial charge < -0.3 is 9.64 Å². The van der Waals surface area contributed by atoms with Gasteiger partial charge in [-0.3, -0.25) is 9.59 Å². The molecule has 1 saturated heterocycles. The van der Waals surface area contributed by atoms with Crippen molar-refractivity contribution in [3.63, 3.8) is 0 Å². The SMILES string of the molecule is CCN(C(=O)[C@H]1[C@@H]2C[C@@H]3[C@H]1C(=O)O[C@@H]3C2)c1cccc(C)c1. The summed E-state index contributed by atoms with van der Waals surface area (Å²) in [6.45, 7) is 4.64. The summed E-state index contributed by atoms with van der Waals surface area (Å²) < 4.78 is 5.45. The molecule has 1 heterocycles. The van der Waals surface area contributed by atoms with Crippen LogP contribution in [0.5, 0.6) is 0 Å². The third-order valence-electron chi connectivity index (χ3n) is 5.66. The molecule has 3 aliphatic rings. The van der Waals surface area contributed by atoms with E-state index in [0.29, 0.717) is 12.5 Å². The molecule has 1 amide bonds. The molecule has 4 heteroatoms. The first-order valence-electron chi connectivity index (χ1n) is 8.18. The standard InChI is InChI=1S/C18H21NO3/c1-3-19(12-6-4-5-10(2)7-12)17(20)15-11-8-13-14(9-11)22-18(21)16(13)15/h4-7,11,13-16H,3,8-9H2,1-2H3/t11-,13+,14-,15+,16-/m1/s1. The first kappa shape index (κ1) is 13.8. The zero-order chi connectivity index (χ0) is 15.4. The Hall–Kier alpha value is -1.84. The number of carbonyl (C=O) groups is 2. The third kappa shape index (κ3) is 1.82. The molecule has 2 aliphatic carbocycles. The number of benzene rings is 1. The predicted molar refractivity (Wildman–Crippen MR) is 82.3 cm³/mol. The fourth-order valence-corrected chi connectivity index (χ4v) is 4.78. The maximum atomic E-state index is 13.1. The fourth-order valence-electron chi connectivity index (χ4n) is 4.78. The van der Waals surface area contributed by atoms with E-state index in [9.17, 15) is 9.59 Å². The first-order valence-corrected chi connectivity index (χ1v) is 8.18. The van der Waals surface area contributed by atoms with Crippen molar-refractivity contribution in [2.24, 2.45) is 23.7 Å². The smallest absolute Gasteiger partial charge is 0.310 e. The average molecular weight is 299 g/mol. The summed E-state index contributed by atoms with van der Waals surface area (Å²) in [5.41, 5.74) is 2.07. The lowest BCUT2D eigenvalue weighted by molar-refractivity contribution is -0.145. The first-order chi connectivity index (χ1) is 10.6. The quantitative estimate of drug-likeness (QED) is 0.806. The number of aryl methyl sites for hydroxylation is 1. The van der Waals surface area contributed by atoms with Gasteiger partial charge in [-0.25, -0.2) is 0 Å². The Balaban J connectivity index is 1.64. The molecule has 2 bridgehead atoms. The Morgan fingerprint density at radius 1 is 1.36 bits per heavy atom. The van der Waals surface area contributed by atoms with Gasteiger partial charge in [0.2, 0.25) is 5.91 Å². The van der Waals surface area contributed by atoms with E-state index in [2.05, 4.69) is 0 Å². The van der Waals surface area contributed by atoms with Gasteiger partial charge in [-0.2, -0.15) is 0 Å². The van der Waals surface area contributed by atoms with Gasteiger partial charge in [-0.15, -0.1) is 0 Å². The van der Waals surface area contributed by atoms with Crippen LogP contribution in [0.25, 0.3) is 0 Å². The molecule has 5 atom stereocenters. The number of rotatable bonds is 3. The summed E-state index contributed by atoms with van der Waals surface area (Å²) in [4.78, 5) is 27.1. The second-order valence-electron chi connectivity index (χ2n) is 6.84. The fraction of sp³-hybridized carbons (Fsp3) is 0.556. The molecule has 3 fully saturated rings. The summed E-state index contributed by atoms with van der Waals surface area (Å²) in [5, 5.41) is 0. The topological polar surface area (TPSA) is 46.6 Å². The molecule has 1 aliphatic heterocycles. The van der Waals surface area contributed by atoms with E-state index in [4.69, 9.17) is 4.74 Å². The van der Waals surface area contributed by atoms with Crippen LogP contribution in [0.1, 0.15) is 25.3 Å². The second-order valence-corrected chi connectivity index (χ2v) is 6.84. The Labute approximate surface area is 130 Å². The van der Waals surface area contributed by atoms with Crippen molar-refractivity contribution in [3.05, 3.63) is 29.8 Å². The van der Waals surface area contributed by atoms with Crippen LogP contribution in [0.15, 0.2) is 24.3 Å². The maximum absolute atomic E-state index is 13.1. The highest BCUT2D eigenvalue weighted by Crippen LogP contribution is 2.58. The van der Waals surface area contributed by atoms with E-state index >= 15 is 0 Å². The minimum absolute atomic E-state index is 0.0839. The minimum atomic E-state index is -0.199. The lowest BCUT2D eigenvalue weighted by Crippen LogP contribution is -2.42. The predicted octanol–water partition coefficient (Wildman–Crippen LogP) is 2.55. The van der Waals surface area contributed by atoms with Gasteiger partial charge in [-0.1, -0.05) is 12.1 Å². The number of amides is 1. The van der Waals surface area contributed by atoms with Crippen LogP contribution in [0.3, 0.4) is 0 Å². The Morgan fingerprint density at radius 2 is 2.18 bits per heavy atom. The number of esters is 1. The molecule has 0 spiro atoms. The second kappa shape index (κ2) is 4.83. The minimum Gasteiger partial charge on any atom is -0.462 e. The molecule has 0 aromatic heterocycles. The van der Waals surface area contributed by atoms with Crippen molar-refractivity contribution in [2.45, 2.75) is 32.8 Å². The molecule has 1 aromatic carbocycles. The molecule has 1 aromatic rings. The Morgan fingerprint density at radius 3 is 2.91 bits per heavy atom. The van der Waals surface area contributed by atoms with Gasteiger partial charge in [0, 0.05) is 18.2 Å². The van der Waals surface area contributed by atoms with Crippen molar-refractivity contribution >= 4 is 17.6 Å². The number of nitrogens with zero attached hydrogens (tertiary/aromatic N) is 1. The molecule has 22 heavy (non-hydrogen) atoms. The lowest BCUT2D eigenvalue weighted by atomic mass is 9.79. The van der Waals surface area contributed by atoms with Gasteiger partial charge in [0.15, 0.2) is 0 Å². The molecule has 0 unspecified atom stereocenters. The molecule has 2 saturated carbocycles. The van der Waals surface area contributed by atoms with Gasteiger partial charge >= 0.3 is 5.97 Å². The van der Waals surface area contributed by atoms with E-state index in [0.717, 1.165) is 24.1 Å². The van der Waals surface area contributed by atoms with Gasteiger partial charge in [0.05, 0.1) is 11.8 Å². The van der Waals surface area contributed by atoms with Crippen molar-refractivity contribution in [3.8, 4) is 0 Å². The van der Waals surface area contributed by atoms with Crippen molar-refractivity contribution in [1.82, 2.24) is 0 Å². The van der Waals surface area contributed by atoms with Crippen LogP contribution in [0, 0.1) is 30.6 Å². The van der Waals surface area contributed by atoms with Gasteiger partial charge in [-0.05, 0) is 50.3 Å². The van der Waals surface area contributed by atoms with E-state index in [-0.39, 0.29) is 35.7 Å². The molecule has 0 N–H and O–H groups in total. The number of hydrogen-bond donors (Lipinski definition) is 0. The molecular weight excluding hydrogens is 278 g/mol. The average Bonchev–Trinajstić information content (AvgIpc) is 3.09. The third-order valence-corrected chi connectivity index (χ3v) is 5.66. The normalized spacial score (nSPS) is 34.8. The van der Waals surface area contributed by atoms with E-state index in [1.54, 1.807) is 0 Å². The number of fused-ring (bicyclic) bond motifs is 1. The largest absolute Gasteiger partial charge is 0.462 e. The van der Waals surface area contributed by atoms with E-state index < -0.39 is 0 Å². The molecule has 0 radical (unpaired) electrons. The summed E-state index contributed by atoms with van der Waals surface area (Å²) in [7, 11) is 0. The molecule has 4 nitrogen and oxygen atoms in total. The zero-order valence-electron chi connectivity index (χ0n) is 13.0. The van der Waals surface area contributed by atoms with Crippen LogP contribution in [0.2, 0.25) is 0 Å². The van der Waals surface area contributed by atoms with E-state index in [1.807, 2.05) is 43.0 Å². The summed E-state index contributed by atoms with van der Waals surface area (Å²) in [5.74, 6) is 0.170. The zero-order valence-corrected chi connectivity index (χ0v) is 13.0. The molecule has 4 rings (SSSR count). The Kier molecular flexibility index (Phi) is 3.03. The number of anilines is 1. The van der Waals surface area contributed by atoms with Crippen molar-refractivity contribution in [2.75, 3.05) is 11.4 Å². The number of ether oxygens (including phenoxy) is 1. The monoisotopic (exact) mass is 299 g/mol. The van der Waals surface area contributed by atoms with Gasteiger partial charge in [0.25, 0.3) is 0 Å². The highest BCUT2D eigenvalue weighted by atomic mass is 16.6. The van der Waals surface area contributed by atoms with Crippen LogP contribution < -0.4 is 4.90 Å². The number of hydrogen-bond acceptors (Lipinski definition) is 3. The van der Waals surface area contributed by atoms with Gasteiger partial charge in [0.1, 0.15) is 6.10 Å². The summed E-state index contributed by atoms with van der Waals surface area (Å²) in [6, 6.07) is 8.00. The van der Waals surface area contributed by atoms with Crippen molar-refractivity contribution < 1.29 is 14.3 Å². The maximum Gasteiger partial charge on any atom is 0.310 e. The van der Waals surface area contributed by atoms with E-state index in [1.165, 1.54) is 0 Å². The van der Waals surface area contributed by atoms with Crippen LogP contribution >= 0.6 is 0 Å². The highest BCUT2D eigenvalue weighted by Gasteiger charge is 2.64. The molecule has 116 valence electrons. The highest BCUT2D eigenvalue weighted by molar-refractivity contribution is 5.98. The molecular formula is C18H21NO3. The van der Waals surface area contributed by atoms with Crippen LogP contribution in [0.4, 0.5) is 5.69 Å². The van der Waals surface area contributed by atoms with Crippen LogP contribution in [-0.2, 0) is 14.3 Å². The summed E-state index contributed by atoms with van der Waals surface area (Å²) >= 11 is 0. The Bertz CT molecular complexity index is 639.